The van der Waals surface area contributed by atoms with Crippen molar-refractivity contribution in [2.24, 2.45) is 5.92 Å². The number of amides is 3. The average molecular weight is 497 g/mol. The monoisotopic (exact) mass is 497 g/mol. The number of nitrogens with one attached hydrogen (secondary N) is 2. The summed E-state index contributed by atoms with van der Waals surface area (Å²) >= 11 is 0. The van der Waals surface area contributed by atoms with Gasteiger partial charge >= 0.3 is 13.6 Å². The number of rotatable bonds is 11. The fraction of sp³-hybridized carbons (Fsp3) is 0.545. The van der Waals surface area contributed by atoms with Crippen LogP contribution in [-0.4, -0.2) is 67.9 Å². The highest BCUT2D eigenvalue weighted by molar-refractivity contribution is 7.52. The fourth-order valence-corrected chi connectivity index (χ4v) is 4.56. The minimum atomic E-state index is -4.69. The van der Waals surface area contributed by atoms with E-state index in [4.69, 9.17) is 5.11 Å². The number of carbonyl (C=O) groups excluding carboxylic acids is 3. The van der Waals surface area contributed by atoms with E-state index < -0.39 is 49.2 Å². The summed E-state index contributed by atoms with van der Waals surface area (Å²) in [5, 5.41) is 13.7. The first kappa shape index (κ1) is 27.5. The molecule has 1 aromatic carbocycles. The SMILES string of the molecule is CC(C)[C@H](NC(=O)CCC(=O)O)C(=O)N1CCC[C@H]1C(=O)N[C@@H](Cc1ccccc1)P(=O)(O)O. The molecular weight excluding hydrogens is 465 g/mol. The molecule has 1 heterocycles. The van der Waals surface area contributed by atoms with Crippen LogP contribution < -0.4 is 10.6 Å². The molecule has 0 aliphatic carbocycles. The van der Waals surface area contributed by atoms with Crippen molar-refractivity contribution in [1.29, 1.82) is 0 Å². The van der Waals surface area contributed by atoms with Gasteiger partial charge in [0.05, 0.1) is 6.42 Å². The Balaban J connectivity index is 2.12. The van der Waals surface area contributed by atoms with Crippen LogP contribution in [-0.2, 0) is 30.2 Å². The fourth-order valence-electron chi connectivity index (χ4n) is 3.81. The van der Waals surface area contributed by atoms with Crippen molar-refractivity contribution in [2.75, 3.05) is 6.54 Å². The van der Waals surface area contributed by atoms with E-state index in [2.05, 4.69) is 10.6 Å². The van der Waals surface area contributed by atoms with E-state index in [9.17, 15) is 33.5 Å². The Labute approximate surface area is 198 Å². The van der Waals surface area contributed by atoms with Crippen molar-refractivity contribution in [3.8, 4) is 0 Å². The Kier molecular flexibility index (Phi) is 9.78. The van der Waals surface area contributed by atoms with Crippen molar-refractivity contribution in [2.45, 2.75) is 63.8 Å². The summed E-state index contributed by atoms with van der Waals surface area (Å²) in [5.74, 6) is -4.65. The molecule has 3 amide bonds. The number of hydrogen-bond donors (Lipinski definition) is 5. The van der Waals surface area contributed by atoms with Gasteiger partial charge in [-0.15, -0.1) is 0 Å². The summed E-state index contributed by atoms with van der Waals surface area (Å²) in [7, 11) is -4.69. The van der Waals surface area contributed by atoms with Gasteiger partial charge in [0.25, 0.3) is 0 Å². The zero-order chi connectivity index (χ0) is 25.5. The van der Waals surface area contributed by atoms with Gasteiger partial charge in [-0.25, -0.2) is 0 Å². The molecule has 2 rings (SSSR count). The first-order chi connectivity index (χ1) is 15.9. The van der Waals surface area contributed by atoms with E-state index in [1.165, 1.54) is 4.90 Å². The molecule has 1 saturated heterocycles. The zero-order valence-corrected chi connectivity index (χ0v) is 20.1. The van der Waals surface area contributed by atoms with Crippen LogP contribution in [0.3, 0.4) is 0 Å². The molecule has 11 nitrogen and oxygen atoms in total. The molecule has 34 heavy (non-hydrogen) atoms. The maximum Gasteiger partial charge on any atom is 0.347 e. The van der Waals surface area contributed by atoms with Gasteiger partial charge in [-0.1, -0.05) is 44.2 Å². The van der Waals surface area contributed by atoms with E-state index in [-0.39, 0.29) is 31.7 Å². The molecule has 1 fully saturated rings. The van der Waals surface area contributed by atoms with Gasteiger partial charge in [0.15, 0.2) is 0 Å². The van der Waals surface area contributed by atoms with Gasteiger partial charge < -0.3 is 30.4 Å². The minimum Gasteiger partial charge on any atom is -0.481 e. The van der Waals surface area contributed by atoms with Gasteiger partial charge in [0.2, 0.25) is 17.7 Å². The average Bonchev–Trinajstić information content (AvgIpc) is 3.25. The van der Waals surface area contributed by atoms with Crippen molar-refractivity contribution in [3.05, 3.63) is 35.9 Å². The number of aliphatic carboxylic acids is 1. The third-order valence-electron chi connectivity index (χ3n) is 5.64. The van der Waals surface area contributed by atoms with Gasteiger partial charge in [0, 0.05) is 19.4 Å². The minimum absolute atomic E-state index is 0.0776. The van der Waals surface area contributed by atoms with Crippen molar-refractivity contribution in [3.63, 3.8) is 0 Å². The molecule has 3 atom stereocenters. The van der Waals surface area contributed by atoms with Crippen LogP contribution >= 0.6 is 7.60 Å². The standard InChI is InChI=1S/C22H32N3O8P/c1-14(2)20(23-17(26)10-11-19(27)28)22(30)25-12-6-9-16(25)21(29)24-18(34(31,32)33)13-15-7-4-3-5-8-15/h3-5,7-8,14,16,18,20H,6,9-13H2,1-2H3,(H,23,26)(H,24,29)(H,27,28)(H2,31,32,33)/t16-,18+,20-/m0/s1. The topological polar surface area (TPSA) is 173 Å². The molecule has 0 bridgehead atoms. The lowest BCUT2D eigenvalue weighted by Gasteiger charge is -2.31. The summed E-state index contributed by atoms with van der Waals surface area (Å²) in [6, 6.07) is 6.71. The van der Waals surface area contributed by atoms with Crippen LogP contribution in [0.25, 0.3) is 0 Å². The van der Waals surface area contributed by atoms with E-state index in [0.717, 1.165) is 0 Å². The number of carboxylic acids is 1. The third kappa shape index (κ3) is 7.93. The maximum absolute atomic E-state index is 13.2. The van der Waals surface area contributed by atoms with Crippen LogP contribution in [0.4, 0.5) is 0 Å². The summed E-state index contributed by atoms with van der Waals surface area (Å²) in [6.07, 6.45) is 0.102. The number of benzene rings is 1. The van der Waals surface area contributed by atoms with Gasteiger partial charge in [-0.2, -0.15) is 0 Å². The number of hydrogen-bond acceptors (Lipinski definition) is 5. The maximum atomic E-state index is 13.2. The number of carboxylic acid groups (broad SMARTS) is 1. The third-order valence-corrected chi connectivity index (χ3v) is 6.76. The van der Waals surface area contributed by atoms with Crippen molar-refractivity contribution in [1.82, 2.24) is 15.5 Å². The second-order valence-electron chi connectivity index (χ2n) is 8.68. The van der Waals surface area contributed by atoms with Crippen molar-refractivity contribution >= 4 is 31.3 Å². The summed E-state index contributed by atoms with van der Waals surface area (Å²) in [4.78, 5) is 69.9. The summed E-state index contributed by atoms with van der Waals surface area (Å²) in [6.45, 7) is 3.69. The van der Waals surface area contributed by atoms with E-state index in [1.807, 2.05) is 0 Å². The zero-order valence-electron chi connectivity index (χ0n) is 19.2. The lowest BCUT2D eigenvalue weighted by molar-refractivity contribution is -0.143. The molecular formula is C22H32N3O8P. The first-order valence-electron chi connectivity index (χ1n) is 11.1. The molecule has 12 heteroatoms. The van der Waals surface area contributed by atoms with Crippen LogP contribution in [0.2, 0.25) is 0 Å². The second-order valence-corrected chi connectivity index (χ2v) is 10.5. The van der Waals surface area contributed by atoms with Gasteiger partial charge in [0.1, 0.15) is 17.9 Å². The van der Waals surface area contributed by atoms with Gasteiger partial charge in [-0.05, 0) is 24.3 Å². The Hall–Kier alpha value is -2.75. The lowest BCUT2D eigenvalue weighted by Crippen LogP contribution is -2.56. The summed E-state index contributed by atoms with van der Waals surface area (Å²) in [5.41, 5.74) is 0.638. The number of likely N-dealkylation sites (tertiary alicyclic amines) is 1. The van der Waals surface area contributed by atoms with Crippen LogP contribution in [0.15, 0.2) is 30.3 Å². The van der Waals surface area contributed by atoms with E-state index >= 15 is 0 Å². The quantitative estimate of drug-likeness (QED) is 0.280. The van der Waals surface area contributed by atoms with E-state index in [0.29, 0.717) is 18.4 Å². The highest BCUT2D eigenvalue weighted by atomic mass is 31.2. The van der Waals surface area contributed by atoms with E-state index in [1.54, 1.807) is 44.2 Å². The molecule has 1 aliphatic rings. The predicted octanol–water partition coefficient (Wildman–Crippen LogP) is 0.846. The summed E-state index contributed by atoms with van der Waals surface area (Å²) < 4.78 is 12.0. The molecule has 1 aromatic rings. The Bertz CT molecular complexity index is 933. The number of nitrogens with zero attached hydrogens (tertiary/aromatic N) is 1. The second kappa shape index (κ2) is 12.1. The number of carbonyl (C=O) groups is 4. The molecule has 1 aliphatic heterocycles. The Morgan fingerprint density at radius 3 is 2.29 bits per heavy atom. The van der Waals surface area contributed by atoms with Crippen LogP contribution in [0.5, 0.6) is 0 Å². The molecule has 188 valence electrons. The van der Waals surface area contributed by atoms with Gasteiger partial charge in [-0.3, -0.25) is 23.7 Å². The predicted molar refractivity (Wildman–Crippen MR) is 122 cm³/mol. The molecule has 0 saturated carbocycles. The van der Waals surface area contributed by atoms with Crippen LogP contribution in [0.1, 0.15) is 45.1 Å². The molecule has 0 aromatic heterocycles. The first-order valence-corrected chi connectivity index (χ1v) is 12.8. The Morgan fingerprint density at radius 2 is 1.74 bits per heavy atom. The molecule has 5 N–H and O–H groups in total. The lowest BCUT2D eigenvalue weighted by atomic mass is 10.0. The Morgan fingerprint density at radius 1 is 1.09 bits per heavy atom. The normalized spacial score (nSPS) is 17.8. The highest BCUT2D eigenvalue weighted by Crippen LogP contribution is 2.41. The molecule has 0 unspecified atom stereocenters. The highest BCUT2D eigenvalue weighted by Gasteiger charge is 2.40. The van der Waals surface area contributed by atoms with Crippen LogP contribution in [0, 0.1) is 5.92 Å². The molecule has 0 spiro atoms. The smallest absolute Gasteiger partial charge is 0.347 e. The largest absolute Gasteiger partial charge is 0.481 e. The molecule has 0 radical (unpaired) electrons. The van der Waals surface area contributed by atoms with Crippen molar-refractivity contribution < 1.29 is 38.6 Å².